The second-order valence-electron chi connectivity index (χ2n) is 2.47. The summed E-state index contributed by atoms with van der Waals surface area (Å²) in [4.78, 5) is 10.8. The summed E-state index contributed by atoms with van der Waals surface area (Å²) < 4.78 is 0. The van der Waals surface area contributed by atoms with Gasteiger partial charge in [0, 0.05) is 0 Å². The molecule has 0 saturated carbocycles. The van der Waals surface area contributed by atoms with E-state index in [-0.39, 0.29) is 0 Å². The number of hydrogen-bond donors (Lipinski definition) is 0. The van der Waals surface area contributed by atoms with Gasteiger partial charge in [0.25, 0.3) is 0 Å². The van der Waals surface area contributed by atoms with E-state index in [1.807, 2.05) is 11.8 Å². The average Bonchev–Trinajstić information content (AvgIpc) is 1.90. The number of hydrogen-bond acceptors (Lipinski definition) is 2. The molecule has 2 heteroatoms. The molecule has 0 aliphatic carbocycles. The largest absolute Gasteiger partial charge is 0.299 e. The maximum Gasteiger partial charge on any atom is 0.142 e. The van der Waals surface area contributed by atoms with Crippen LogP contribution in [0.4, 0.5) is 0 Å². The molecule has 1 fully saturated rings. The zero-order valence-corrected chi connectivity index (χ0v) is 6.54. The fourth-order valence-corrected chi connectivity index (χ4v) is 2.28. The van der Waals surface area contributed by atoms with E-state index in [1.54, 1.807) is 6.92 Å². The molecule has 1 atom stereocenters. The van der Waals surface area contributed by atoms with Crippen LogP contribution < -0.4 is 0 Å². The van der Waals surface area contributed by atoms with E-state index in [9.17, 15) is 4.79 Å². The van der Waals surface area contributed by atoms with Gasteiger partial charge in [0.15, 0.2) is 0 Å². The quantitative estimate of drug-likeness (QED) is 0.558. The van der Waals surface area contributed by atoms with Gasteiger partial charge in [-0.3, -0.25) is 4.79 Å². The Labute approximate surface area is 60.2 Å². The molecule has 1 aliphatic rings. The van der Waals surface area contributed by atoms with E-state index in [1.165, 1.54) is 18.6 Å². The maximum absolute atomic E-state index is 10.8. The molecule has 0 aromatic rings. The summed E-state index contributed by atoms with van der Waals surface area (Å²) in [5.74, 6) is 1.55. The summed E-state index contributed by atoms with van der Waals surface area (Å²) in [7, 11) is 0. The minimum absolute atomic E-state index is 0.332. The Bertz CT molecular complexity index is 105. The van der Waals surface area contributed by atoms with E-state index in [4.69, 9.17) is 0 Å². The minimum atomic E-state index is 0.332. The second-order valence-corrected chi connectivity index (χ2v) is 3.78. The van der Waals surface area contributed by atoms with Gasteiger partial charge in [-0.05, 0) is 25.5 Å². The van der Waals surface area contributed by atoms with E-state index in [0.29, 0.717) is 11.0 Å². The van der Waals surface area contributed by atoms with Crippen LogP contribution in [0.15, 0.2) is 0 Å². The normalized spacial score (nSPS) is 27.9. The fraction of sp³-hybridized carbons (Fsp3) is 0.857. The third-order valence-corrected chi connectivity index (χ3v) is 3.13. The van der Waals surface area contributed by atoms with Crippen molar-refractivity contribution < 1.29 is 4.79 Å². The zero-order valence-electron chi connectivity index (χ0n) is 5.72. The number of ketones is 1. The smallest absolute Gasteiger partial charge is 0.142 e. The lowest BCUT2D eigenvalue weighted by atomic mass is 10.1. The topological polar surface area (TPSA) is 17.1 Å². The molecule has 1 aliphatic heterocycles. The van der Waals surface area contributed by atoms with Crippen molar-refractivity contribution in [1.29, 1.82) is 0 Å². The molecule has 1 nitrogen and oxygen atoms in total. The third-order valence-electron chi connectivity index (χ3n) is 1.63. The first-order chi connectivity index (χ1) is 4.30. The molecule has 0 amide bonds. The SMILES string of the molecule is CC(=O)[C@H]1CCCCS1. The first kappa shape index (κ1) is 7.13. The molecule has 0 unspecified atom stereocenters. The van der Waals surface area contributed by atoms with Crippen molar-refractivity contribution in [2.45, 2.75) is 31.4 Å². The van der Waals surface area contributed by atoms with E-state index in [0.717, 1.165) is 6.42 Å². The van der Waals surface area contributed by atoms with Crippen LogP contribution in [0.25, 0.3) is 0 Å². The molecular formula is C7H12OS. The van der Waals surface area contributed by atoms with Crippen molar-refractivity contribution in [2.75, 3.05) is 5.75 Å². The van der Waals surface area contributed by atoms with E-state index in [2.05, 4.69) is 0 Å². The highest BCUT2D eigenvalue weighted by Gasteiger charge is 2.17. The van der Waals surface area contributed by atoms with Crippen LogP contribution in [-0.4, -0.2) is 16.8 Å². The van der Waals surface area contributed by atoms with Crippen molar-refractivity contribution in [1.82, 2.24) is 0 Å². The monoisotopic (exact) mass is 144 g/mol. The van der Waals surface area contributed by atoms with Gasteiger partial charge in [0.05, 0.1) is 5.25 Å². The van der Waals surface area contributed by atoms with Gasteiger partial charge in [-0.2, -0.15) is 11.8 Å². The molecule has 1 saturated heterocycles. The van der Waals surface area contributed by atoms with E-state index >= 15 is 0 Å². The van der Waals surface area contributed by atoms with Crippen LogP contribution in [0.3, 0.4) is 0 Å². The number of Topliss-reactive ketones (excluding diaryl/α,β-unsaturated/α-hetero) is 1. The summed E-state index contributed by atoms with van der Waals surface area (Å²) >= 11 is 1.82. The first-order valence-electron chi connectivity index (χ1n) is 3.43. The van der Waals surface area contributed by atoms with Crippen molar-refractivity contribution in [2.24, 2.45) is 0 Å². The van der Waals surface area contributed by atoms with Crippen LogP contribution >= 0.6 is 11.8 Å². The average molecular weight is 144 g/mol. The molecule has 0 spiro atoms. The summed E-state index contributed by atoms with van der Waals surface area (Å²) in [6.07, 6.45) is 3.66. The van der Waals surface area contributed by atoms with Crippen molar-refractivity contribution in [3.63, 3.8) is 0 Å². The highest BCUT2D eigenvalue weighted by atomic mass is 32.2. The van der Waals surface area contributed by atoms with Crippen LogP contribution in [0.2, 0.25) is 0 Å². The molecule has 1 rings (SSSR count). The number of rotatable bonds is 1. The lowest BCUT2D eigenvalue weighted by Gasteiger charge is -2.17. The summed E-state index contributed by atoms with van der Waals surface area (Å²) in [6, 6.07) is 0. The third kappa shape index (κ3) is 2.01. The Morgan fingerprint density at radius 2 is 2.33 bits per heavy atom. The molecule has 1 heterocycles. The van der Waals surface area contributed by atoms with Crippen molar-refractivity contribution >= 4 is 17.5 Å². The Balaban J connectivity index is 2.31. The van der Waals surface area contributed by atoms with Crippen LogP contribution in [0.1, 0.15) is 26.2 Å². The van der Waals surface area contributed by atoms with Gasteiger partial charge >= 0.3 is 0 Å². The van der Waals surface area contributed by atoms with Gasteiger partial charge in [-0.25, -0.2) is 0 Å². The predicted molar refractivity (Wildman–Crippen MR) is 40.8 cm³/mol. The van der Waals surface area contributed by atoms with Crippen LogP contribution in [0.5, 0.6) is 0 Å². The molecule has 52 valence electrons. The summed E-state index contributed by atoms with van der Waals surface area (Å²) in [5.41, 5.74) is 0. The predicted octanol–water partition coefficient (Wildman–Crippen LogP) is 1.86. The minimum Gasteiger partial charge on any atom is -0.299 e. The second kappa shape index (κ2) is 3.25. The Kier molecular flexibility index (Phi) is 2.58. The zero-order chi connectivity index (χ0) is 6.69. The number of thioether (sulfide) groups is 1. The molecular weight excluding hydrogens is 132 g/mol. The van der Waals surface area contributed by atoms with Crippen molar-refractivity contribution in [3.05, 3.63) is 0 Å². The molecule has 0 aromatic carbocycles. The molecule has 0 bridgehead atoms. The lowest BCUT2D eigenvalue weighted by molar-refractivity contribution is -0.116. The van der Waals surface area contributed by atoms with Crippen LogP contribution in [0, 0.1) is 0 Å². The summed E-state index contributed by atoms with van der Waals surface area (Å²) in [5, 5.41) is 0.332. The first-order valence-corrected chi connectivity index (χ1v) is 4.47. The van der Waals surface area contributed by atoms with E-state index < -0.39 is 0 Å². The highest BCUT2D eigenvalue weighted by molar-refractivity contribution is 8.00. The Hall–Kier alpha value is 0.0200. The Morgan fingerprint density at radius 1 is 1.56 bits per heavy atom. The lowest BCUT2D eigenvalue weighted by Crippen LogP contribution is -2.17. The van der Waals surface area contributed by atoms with Gasteiger partial charge in [-0.1, -0.05) is 6.42 Å². The highest BCUT2D eigenvalue weighted by Crippen LogP contribution is 2.25. The molecule has 9 heavy (non-hydrogen) atoms. The molecule has 0 N–H and O–H groups in total. The summed E-state index contributed by atoms with van der Waals surface area (Å²) in [6.45, 7) is 1.70. The maximum atomic E-state index is 10.8. The number of carbonyl (C=O) groups excluding carboxylic acids is 1. The van der Waals surface area contributed by atoms with Crippen LogP contribution in [-0.2, 0) is 4.79 Å². The van der Waals surface area contributed by atoms with Gasteiger partial charge in [0.1, 0.15) is 5.78 Å². The molecule has 0 aromatic heterocycles. The standard InChI is InChI=1S/C7H12OS/c1-6(8)7-4-2-3-5-9-7/h7H,2-5H2,1H3/t7-/m1/s1. The Morgan fingerprint density at radius 3 is 2.67 bits per heavy atom. The van der Waals surface area contributed by atoms with Crippen molar-refractivity contribution in [3.8, 4) is 0 Å². The number of carbonyl (C=O) groups is 1. The van der Waals surface area contributed by atoms with Gasteiger partial charge in [-0.15, -0.1) is 0 Å². The van der Waals surface area contributed by atoms with Gasteiger partial charge < -0.3 is 0 Å². The fourth-order valence-electron chi connectivity index (χ4n) is 1.06. The molecule has 0 radical (unpaired) electrons. The van der Waals surface area contributed by atoms with Gasteiger partial charge in [0.2, 0.25) is 0 Å².